The molecule has 226 valence electrons. The van der Waals surface area contributed by atoms with Crippen LogP contribution in [0.1, 0.15) is 31.9 Å². The van der Waals surface area contributed by atoms with Gasteiger partial charge in [-0.2, -0.15) is 0 Å². The molecule has 0 unspecified atom stereocenters. The third-order valence-electron chi connectivity index (χ3n) is 6.63. The van der Waals surface area contributed by atoms with Crippen LogP contribution < -0.4 is 23.8 Å². The highest BCUT2D eigenvalue weighted by atomic mass is 32.2. The molecule has 0 radical (unpaired) electrons. The number of sulfonamides is 1. The molecule has 0 saturated heterocycles. The van der Waals surface area contributed by atoms with Crippen LogP contribution in [0, 0.1) is 6.92 Å². The molecule has 3 aromatic rings. The Hall–Kier alpha value is -4.25. The lowest BCUT2D eigenvalue weighted by molar-refractivity contribution is -0.139. The van der Waals surface area contributed by atoms with Gasteiger partial charge in [-0.25, -0.2) is 8.42 Å². The van der Waals surface area contributed by atoms with Gasteiger partial charge in [-0.15, -0.1) is 0 Å². The Bertz CT molecular complexity index is 1490. The highest BCUT2D eigenvalue weighted by Gasteiger charge is 2.33. The van der Waals surface area contributed by atoms with Gasteiger partial charge < -0.3 is 24.4 Å². The number of benzene rings is 3. The summed E-state index contributed by atoms with van der Waals surface area (Å²) in [5.41, 5.74) is 1.80. The number of nitrogens with one attached hydrogen (secondary N) is 1. The van der Waals surface area contributed by atoms with Crippen molar-refractivity contribution in [3.05, 3.63) is 77.9 Å². The van der Waals surface area contributed by atoms with E-state index in [9.17, 15) is 18.0 Å². The van der Waals surface area contributed by atoms with Gasteiger partial charge in [0, 0.05) is 18.7 Å². The number of carbonyl (C=O) groups is 2. The van der Waals surface area contributed by atoms with Crippen LogP contribution in [0.3, 0.4) is 0 Å². The predicted octanol–water partition coefficient (Wildman–Crippen LogP) is 4.16. The van der Waals surface area contributed by atoms with Crippen molar-refractivity contribution >= 4 is 27.5 Å². The van der Waals surface area contributed by atoms with E-state index in [1.807, 2.05) is 26.8 Å². The number of hydrogen-bond donors (Lipinski definition) is 1. The molecule has 0 aliphatic carbocycles. The summed E-state index contributed by atoms with van der Waals surface area (Å²) in [5, 5.41) is 2.84. The smallest absolute Gasteiger partial charge is 0.264 e. The molecule has 0 heterocycles. The molecule has 0 aliphatic rings. The zero-order chi connectivity index (χ0) is 31.0. The van der Waals surface area contributed by atoms with Crippen LogP contribution in [0.15, 0.2) is 71.6 Å². The Morgan fingerprint density at radius 1 is 0.857 bits per heavy atom. The molecule has 2 amide bonds. The Balaban J connectivity index is 2.10. The first-order valence-corrected chi connectivity index (χ1v) is 14.9. The summed E-state index contributed by atoms with van der Waals surface area (Å²) in [7, 11) is 0.231. The van der Waals surface area contributed by atoms with Crippen LogP contribution in [-0.2, 0) is 26.2 Å². The average Bonchev–Trinajstić information content (AvgIpc) is 2.97. The predicted molar refractivity (Wildman–Crippen MR) is 162 cm³/mol. The molecular weight excluding hydrogens is 558 g/mol. The number of nitrogens with zero attached hydrogens (tertiary/aromatic N) is 2. The molecule has 0 aromatic heterocycles. The summed E-state index contributed by atoms with van der Waals surface area (Å²) in [6.45, 7) is 6.59. The van der Waals surface area contributed by atoms with Gasteiger partial charge >= 0.3 is 0 Å². The molecule has 3 rings (SSSR count). The fraction of sp³-hybridized carbons (Fsp3) is 0.355. The fourth-order valence-corrected chi connectivity index (χ4v) is 5.71. The van der Waals surface area contributed by atoms with Crippen molar-refractivity contribution in [2.45, 2.75) is 51.2 Å². The molecule has 11 heteroatoms. The van der Waals surface area contributed by atoms with Crippen LogP contribution in [0.2, 0.25) is 0 Å². The number of hydrogen-bond acceptors (Lipinski definition) is 7. The minimum absolute atomic E-state index is 0.0145. The van der Waals surface area contributed by atoms with E-state index >= 15 is 0 Å². The van der Waals surface area contributed by atoms with E-state index in [2.05, 4.69) is 5.32 Å². The van der Waals surface area contributed by atoms with E-state index in [-0.39, 0.29) is 29.1 Å². The lowest BCUT2D eigenvalue weighted by Gasteiger charge is -2.32. The SMILES string of the molecule is COc1cccc(CN(C(=O)CN(c2ccc(OC)c(OC)c2)S(=O)(=O)c2ccc(C)cc2)[C@H](C)C(=O)NC(C)C)c1. The molecule has 1 N–H and O–H groups in total. The van der Waals surface area contributed by atoms with Crippen molar-refractivity contribution < 1.29 is 32.2 Å². The van der Waals surface area contributed by atoms with Crippen molar-refractivity contribution in [2.24, 2.45) is 0 Å². The van der Waals surface area contributed by atoms with Gasteiger partial charge in [0.05, 0.1) is 31.9 Å². The topological polar surface area (TPSA) is 114 Å². The second-order valence-corrected chi connectivity index (χ2v) is 11.9. The average molecular weight is 598 g/mol. The fourth-order valence-electron chi connectivity index (χ4n) is 4.30. The summed E-state index contributed by atoms with van der Waals surface area (Å²) in [5.74, 6) is 0.353. The number of methoxy groups -OCH3 is 3. The molecule has 0 bridgehead atoms. The Morgan fingerprint density at radius 2 is 1.52 bits per heavy atom. The van der Waals surface area contributed by atoms with Gasteiger partial charge in [0.1, 0.15) is 18.3 Å². The third-order valence-corrected chi connectivity index (χ3v) is 8.42. The molecule has 10 nitrogen and oxygen atoms in total. The molecular formula is C31H39N3O7S. The summed E-state index contributed by atoms with van der Waals surface area (Å²) in [6, 6.07) is 17.1. The lowest BCUT2D eigenvalue weighted by Crippen LogP contribution is -2.52. The van der Waals surface area contributed by atoms with Crippen LogP contribution >= 0.6 is 0 Å². The van der Waals surface area contributed by atoms with Gasteiger partial charge in [0.25, 0.3) is 10.0 Å². The van der Waals surface area contributed by atoms with Crippen molar-refractivity contribution in [3.8, 4) is 17.2 Å². The number of rotatable bonds is 13. The van der Waals surface area contributed by atoms with E-state index in [0.29, 0.717) is 22.8 Å². The number of amides is 2. The highest BCUT2D eigenvalue weighted by Crippen LogP contribution is 2.34. The summed E-state index contributed by atoms with van der Waals surface area (Å²) >= 11 is 0. The maximum atomic E-state index is 14.1. The Morgan fingerprint density at radius 3 is 2.12 bits per heavy atom. The monoisotopic (exact) mass is 597 g/mol. The molecule has 0 fully saturated rings. The van der Waals surface area contributed by atoms with E-state index in [0.717, 1.165) is 9.87 Å². The van der Waals surface area contributed by atoms with Gasteiger partial charge in [-0.3, -0.25) is 13.9 Å². The minimum Gasteiger partial charge on any atom is -0.497 e. The number of ether oxygens (including phenoxy) is 3. The summed E-state index contributed by atoms with van der Waals surface area (Å²) < 4.78 is 45.2. The van der Waals surface area contributed by atoms with E-state index < -0.39 is 28.5 Å². The first-order chi connectivity index (χ1) is 19.9. The second-order valence-electron chi connectivity index (χ2n) is 10.1. The van der Waals surface area contributed by atoms with Crippen molar-refractivity contribution in [1.29, 1.82) is 0 Å². The van der Waals surface area contributed by atoms with Gasteiger partial charge in [0.2, 0.25) is 11.8 Å². The zero-order valence-electron chi connectivity index (χ0n) is 25.1. The minimum atomic E-state index is -4.22. The van der Waals surface area contributed by atoms with Crippen LogP contribution in [0.25, 0.3) is 0 Å². The maximum absolute atomic E-state index is 14.1. The van der Waals surface area contributed by atoms with Crippen LogP contribution in [0.5, 0.6) is 17.2 Å². The largest absolute Gasteiger partial charge is 0.497 e. The molecule has 42 heavy (non-hydrogen) atoms. The van der Waals surface area contributed by atoms with Gasteiger partial charge in [-0.05, 0) is 69.7 Å². The van der Waals surface area contributed by atoms with Crippen LogP contribution in [-0.4, -0.2) is 65.1 Å². The van der Waals surface area contributed by atoms with Gasteiger partial charge in [0.15, 0.2) is 11.5 Å². The van der Waals surface area contributed by atoms with Crippen LogP contribution in [0.4, 0.5) is 5.69 Å². The standard InChI is InChI=1S/C31H39N3O7S/c1-21(2)32-31(36)23(4)33(19-24-9-8-10-26(17-24)39-5)30(35)20-34(25-13-16-28(40-6)29(18-25)41-7)42(37,38)27-14-11-22(3)12-15-27/h8-18,21,23H,19-20H2,1-7H3,(H,32,36)/t23-/m1/s1. The normalized spacial score (nSPS) is 11.9. The quantitative estimate of drug-likeness (QED) is 0.315. The number of carbonyl (C=O) groups excluding carboxylic acids is 2. The molecule has 3 aromatic carbocycles. The highest BCUT2D eigenvalue weighted by molar-refractivity contribution is 7.92. The third kappa shape index (κ3) is 7.73. The lowest BCUT2D eigenvalue weighted by atomic mass is 10.1. The zero-order valence-corrected chi connectivity index (χ0v) is 25.9. The first kappa shape index (κ1) is 32.3. The first-order valence-electron chi connectivity index (χ1n) is 13.5. The molecule has 1 atom stereocenters. The molecule has 0 aliphatic heterocycles. The van der Waals surface area contributed by atoms with E-state index in [1.54, 1.807) is 49.4 Å². The van der Waals surface area contributed by atoms with E-state index in [1.165, 1.54) is 44.4 Å². The second kappa shape index (κ2) is 14.1. The molecule has 0 spiro atoms. The summed E-state index contributed by atoms with van der Waals surface area (Å²) in [6.07, 6.45) is 0. The summed E-state index contributed by atoms with van der Waals surface area (Å²) in [4.78, 5) is 28.5. The Labute approximate surface area is 248 Å². The van der Waals surface area contributed by atoms with Crippen molar-refractivity contribution in [2.75, 3.05) is 32.2 Å². The van der Waals surface area contributed by atoms with Crippen molar-refractivity contribution in [3.63, 3.8) is 0 Å². The van der Waals surface area contributed by atoms with Crippen molar-refractivity contribution in [1.82, 2.24) is 10.2 Å². The number of aryl methyl sites for hydroxylation is 1. The molecule has 0 saturated carbocycles. The van der Waals surface area contributed by atoms with E-state index in [4.69, 9.17) is 14.2 Å². The Kier molecular flexibility index (Phi) is 10.8. The number of anilines is 1. The van der Waals surface area contributed by atoms with Gasteiger partial charge in [-0.1, -0.05) is 29.8 Å². The maximum Gasteiger partial charge on any atom is 0.264 e.